The third kappa shape index (κ3) is 5.21. The Hall–Kier alpha value is -3.28. The van der Waals surface area contributed by atoms with Gasteiger partial charge in [0.2, 0.25) is 5.43 Å². The lowest BCUT2D eigenvalue weighted by atomic mass is 10.0. The first-order chi connectivity index (χ1) is 17.1. The van der Waals surface area contributed by atoms with Crippen molar-refractivity contribution in [3.8, 4) is 28.4 Å². The SMILES string of the molecule is CCCc1cc2c(=O)c(-c3ccc4c(c3)OCCCO4)coc2cc1OC(=O)CCC1CCCC1. The van der Waals surface area contributed by atoms with Crippen LogP contribution in [0.25, 0.3) is 22.1 Å². The van der Waals surface area contributed by atoms with Gasteiger partial charge in [0.1, 0.15) is 17.6 Å². The van der Waals surface area contributed by atoms with Crippen molar-refractivity contribution in [2.45, 2.75) is 64.7 Å². The van der Waals surface area contributed by atoms with Crippen LogP contribution in [0.3, 0.4) is 0 Å². The standard InChI is InChI=1S/C29H32O6/c1-2-6-21-15-22-26(17-25(21)35-28(30)12-9-19-7-3-4-8-19)34-18-23(29(22)31)20-10-11-24-27(16-20)33-14-5-13-32-24/h10-11,15-19H,2-9,12-14H2,1H3. The highest BCUT2D eigenvalue weighted by Crippen LogP contribution is 2.35. The molecule has 35 heavy (non-hydrogen) atoms. The van der Waals surface area contributed by atoms with Crippen LogP contribution in [0.1, 0.15) is 63.9 Å². The van der Waals surface area contributed by atoms with Gasteiger partial charge in [0.25, 0.3) is 0 Å². The molecule has 0 bridgehead atoms. The van der Waals surface area contributed by atoms with Crippen LogP contribution in [0.2, 0.25) is 0 Å². The van der Waals surface area contributed by atoms with Gasteiger partial charge in [-0.25, -0.2) is 0 Å². The van der Waals surface area contributed by atoms with E-state index < -0.39 is 0 Å². The average Bonchev–Trinajstić information content (AvgIpc) is 3.27. The van der Waals surface area contributed by atoms with E-state index in [1.54, 1.807) is 6.07 Å². The fraction of sp³-hybridized carbons (Fsp3) is 0.448. The summed E-state index contributed by atoms with van der Waals surface area (Å²) in [4.78, 5) is 26.0. The maximum absolute atomic E-state index is 13.5. The second kappa shape index (κ2) is 10.5. The molecular formula is C29H32O6. The maximum atomic E-state index is 13.5. The number of carbonyl (C=O) groups is 1. The smallest absolute Gasteiger partial charge is 0.311 e. The Morgan fingerprint density at radius 3 is 2.63 bits per heavy atom. The predicted molar refractivity (Wildman–Crippen MR) is 134 cm³/mol. The van der Waals surface area contributed by atoms with Gasteiger partial charge in [-0.3, -0.25) is 9.59 Å². The number of aryl methyl sites for hydroxylation is 1. The number of fused-ring (bicyclic) bond motifs is 2. The molecule has 1 aromatic heterocycles. The van der Waals surface area contributed by atoms with E-state index >= 15 is 0 Å². The molecule has 1 aliphatic carbocycles. The summed E-state index contributed by atoms with van der Waals surface area (Å²) in [7, 11) is 0. The van der Waals surface area contributed by atoms with Crippen molar-refractivity contribution in [3.05, 3.63) is 52.4 Å². The summed E-state index contributed by atoms with van der Waals surface area (Å²) in [6.07, 6.45) is 10.1. The highest BCUT2D eigenvalue weighted by Gasteiger charge is 2.20. The molecule has 6 nitrogen and oxygen atoms in total. The van der Waals surface area contributed by atoms with E-state index in [0.717, 1.165) is 24.8 Å². The highest BCUT2D eigenvalue weighted by molar-refractivity contribution is 5.85. The van der Waals surface area contributed by atoms with E-state index in [9.17, 15) is 9.59 Å². The van der Waals surface area contributed by atoms with Crippen LogP contribution in [0.4, 0.5) is 0 Å². The average molecular weight is 477 g/mol. The second-order valence-corrected chi connectivity index (χ2v) is 9.56. The molecule has 0 saturated heterocycles. The van der Waals surface area contributed by atoms with Crippen LogP contribution < -0.4 is 19.6 Å². The zero-order valence-corrected chi connectivity index (χ0v) is 20.3. The van der Waals surface area contributed by atoms with Crippen LogP contribution in [0, 0.1) is 5.92 Å². The van der Waals surface area contributed by atoms with Crippen molar-refractivity contribution >= 4 is 16.9 Å². The molecule has 6 heteroatoms. The van der Waals surface area contributed by atoms with Gasteiger partial charge in [0.15, 0.2) is 11.5 Å². The first-order valence-electron chi connectivity index (χ1n) is 12.8. The van der Waals surface area contributed by atoms with E-state index in [1.165, 1.54) is 31.9 Å². The molecule has 3 aromatic rings. The Bertz CT molecular complexity index is 1270. The Morgan fingerprint density at radius 1 is 1.03 bits per heavy atom. The summed E-state index contributed by atoms with van der Waals surface area (Å²) in [5, 5.41) is 0.476. The van der Waals surface area contributed by atoms with E-state index in [0.29, 0.717) is 71.3 Å². The lowest BCUT2D eigenvalue weighted by molar-refractivity contribution is -0.134. The van der Waals surface area contributed by atoms with Gasteiger partial charge >= 0.3 is 5.97 Å². The lowest BCUT2D eigenvalue weighted by Crippen LogP contribution is -2.12. The van der Waals surface area contributed by atoms with E-state index in [4.69, 9.17) is 18.6 Å². The molecule has 0 radical (unpaired) electrons. The van der Waals surface area contributed by atoms with Gasteiger partial charge in [-0.15, -0.1) is 0 Å². The summed E-state index contributed by atoms with van der Waals surface area (Å²) >= 11 is 0. The molecule has 0 atom stereocenters. The molecule has 2 aliphatic rings. The number of carbonyl (C=O) groups excluding carboxylic acids is 1. The van der Waals surface area contributed by atoms with Crippen LogP contribution >= 0.6 is 0 Å². The summed E-state index contributed by atoms with van der Waals surface area (Å²) in [6, 6.07) is 9.01. The molecule has 0 amide bonds. The number of benzene rings is 2. The molecule has 0 spiro atoms. The maximum Gasteiger partial charge on any atom is 0.311 e. The topological polar surface area (TPSA) is 75.0 Å². The summed E-state index contributed by atoms with van der Waals surface area (Å²) < 4.78 is 23.1. The van der Waals surface area contributed by atoms with Gasteiger partial charge < -0.3 is 18.6 Å². The third-order valence-electron chi connectivity index (χ3n) is 6.99. The minimum Gasteiger partial charge on any atom is -0.490 e. The molecule has 1 fully saturated rings. The van der Waals surface area contributed by atoms with E-state index in [-0.39, 0.29) is 11.4 Å². The van der Waals surface area contributed by atoms with E-state index in [2.05, 4.69) is 6.92 Å². The number of rotatable bonds is 7. The second-order valence-electron chi connectivity index (χ2n) is 9.56. The fourth-order valence-electron chi connectivity index (χ4n) is 5.09. The van der Waals surface area contributed by atoms with Gasteiger partial charge in [0.05, 0.1) is 24.2 Å². The van der Waals surface area contributed by atoms with Gasteiger partial charge in [-0.2, -0.15) is 0 Å². The van der Waals surface area contributed by atoms with Gasteiger partial charge in [-0.05, 0) is 48.1 Å². The normalized spacial score (nSPS) is 15.8. The van der Waals surface area contributed by atoms with Crippen molar-refractivity contribution in [2.75, 3.05) is 13.2 Å². The molecule has 0 N–H and O–H groups in total. The minimum atomic E-state index is -0.222. The van der Waals surface area contributed by atoms with Gasteiger partial charge in [0, 0.05) is 18.9 Å². The third-order valence-corrected chi connectivity index (χ3v) is 6.99. The number of ether oxygens (including phenoxy) is 3. The molecule has 1 aliphatic heterocycles. The molecule has 184 valence electrons. The lowest BCUT2D eigenvalue weighted by Gasteiger charge is -2.13. The number of hydrogen-bond donors (Lipinski definition) is 0. The quantitative estimate of drug-likeness (QED) is 0.288. The number of esters is 1. The monoisotopic (exact) mass is 476 g/mol. The zero-order valence-electron chi connectivity index (χ0n) is 20.3. The van der Waals surface area contributed by atoms with Crippen molar-refractivity contribution in [3.63, 3.8) is 0 Å². The molecule has 2 aromatic carbocycles. The minimum absolute atomic E-state index is 0.128. The molecular weight excluding hydrogens is 444 g/mol. The molecule has 1 saturated carbocycles. The first kappa shape index (κ1) is 23.5. The predicted octanol–water partition coefficient (Wildman–Crippen LogP) is 6.45. The Morgan fingerprint density at radius 2 is 1.83 bits per heavy atom. The van der Waals surface area contributed by atoms with Crippen molar-refractivity contribution in [1.29, 1.82) is 0 Å². The molecule has 5 rings (SSSR count). The summed E-state index contributed by atoms with van der Waals surface area (Å²) in [6.45, 7) is 3.25. The Labute approximate surface area is 205 Å². The zero-order chi connectivity index (χ0) is 24.2. The van der Waals surface area contributed by atoms with Gasteiger partial charge in [-0.1, -0.05) is 45.1 Å². The summed E-state index contributed by atoms with van der Waals surface area (Å²) in [5.74, 6) is 2.21. The van der Waals surface area contributed by atoms with Crippen molar-refractivity contribution < 1.29 is 23.4 Å². The van der Waals surface area contributed by atoms with Crippen LogP contribution in [-0.2, 0) is 11.2 Å². The fourth-order valence-corrected chi connectivity index (χ4v) is 5.09. The highest BCUT2D eigenvalue weighted by atomic mass is 16.5. The first-order valence-corrected chi connectivity index (χ1v) is 12.8. The van der Waals surface area contributed by atoms with Crippen LogP contribution in [-0.4, -0.2) is 19.2 Å². The van der Waals surface area contributed by atoms with Crippen molar-refractivity contribution in [2.24, 2.45) is 5.92 Å². The van der Waals surface area contributed by atoms with Crippen LogP contribution in [0.5, 0.6) is 17.2 Å². The molecule has 2 heterocycles. The Kier molecular flexibility index (Phi) is 7.07. The van der Waals surface area contributed by atoms with Crippen LogP contribution in [0.15, 0.2) is 45.8 Å². The number of hydrogen-bond acceptors (Lipinski definition) is 6. The van der Waals surface area contributed by atoms with E-state index in [1.807, 2.05) is 24.3 Å². The largest absolute Gasteiger partial charge is 0.490 e. The Balaban J connectivity index is 1.43. The molecule has 0 unspecified atom stereocenters. The summed E-state index contributed by atoms with van der Waals surface area (Å²) in [5.41, 5.74) is 2.29. The van der Waals surface area contributed by atoms with Crippen molar-refractivity contribution in [1.82, 2.24) is 0 Å².